The van der Waals surface area contributed by atoms with Crippen molar-refractivity contribution in [3.63, 3.8) is 0 Å². The maximum absolute atomic E-state index is 10.6. The molecule has 1 N–H and O–H groups in total. The molecular weight excluding hydrogens is 356 g/mol. The number of phenols is 1. The van der Waals surface area contributed by atoms with Crippen LogP contribution in [0.2, 0.25) is 0 Å². The molecule has 118 valence electrons. The monoisotopic (exact) mass is 372 g/mol. The van der Waals surface area contributed by atoms with Crippen LogP contribution < -0.4 is 9.47 Å². The van der Waals surface area contributed by atoms with Crippen molar-refractivity contribution in [3.8, 4) is 17.2 Å². The third-order valence-electron chi connectivity index (χ3n) is 3.92. The molecule has 3 aromatic rings. The number of ether oxygens (including phenoxy) is 2. The molecule has 0 fully saturated rings. The fourth-order valence-corrected chi connectivity index (χ4v) is 3.14. The van der Waals surface area contributed by atoms with Gasteiger partial charge in [0.2, 0.25) is 0 Å². The number of phenolic OH excluding ortho intramolecular Hbond substituents is 1. The van der Waals surface area contributed by atoms with E-state index >= 15 is 0 Å². The van der Waals surface area contributed by atoms with Gasteiger partial charge in [-0.05, 0) is 28.6 Å². The standard InChI is InChI=1S/C19H17BrO3/c1-22-17-10-14(16(20)11-18(17)23-2)9-13-8-7-12-5-3-4-6-15(12)19(13)21/h3-8,10-11,21H,9H2,1-2H3. The molecule has 0 aliphatic carbocycles. The predicted molar refractivity (Wildman–Crippen MR) is 95.7 cm³/mol. The SMILES string of the molecule is COc1cc(Br)c(Cc2ccc3ccccc3c2O)cc1OC. The summed E-state index contributed by atoms with van der Waals surface area (Å²) < 4.78 is 11.6. The average Bonchev–Trinajstić information content (AvgIpc) is 2.58. The van der Waals surface area contributed by atoms with Gasteiger partial charge in [-0.25, -0.2) is 0 Å². The Balaban J connectivity index is 2.04. The number of hydrogen-bond donors (Lipinski definition) is 1. The van der Waals surface area contributed by atoms with Crippen molar-refractivity contribution in [2.45, 2.75) is 6.42 Å². The Labute approximate surface area is 143 Å². The topological polar surface area (TPSA) is 38.7 Å². The van der Waals surface area contributed by atoms with E-state index in [2.05, 4.69) is 15.9 Å². The minimum absolute atomic E-state index is 0.324. The Morgan fingerprint density at radius 2 is 1.61 bits per heavy atom. The minimum Gasteiger partial charge on any atom is -0.507 e. The predicted octanol–water partition coefficient (Wildman–Crippen LogP) is 4.92. The molecule has 0 aliphatic rings. The van der Waals surface area contributed by atoms with Gasteiger partial charge in [0, 0.05) is 16.3 Å². The summed E-state index contributed by atoms with van der Waals surface area (Å²) in [7, 11) is 3.22. The number of aromatic hydroxyl groups is 1. The molecule has 0 spiro atoms. The zero-order chi connectivity index (χ0) is 16.4. The number of benzene rings is 3. The Kier molecular flexibility index (Phi) is 4.44. The zero-order valence-corrected chi connectivity index (χ0v) is 14.6. The van der Waals surface area contributed by atoms with E-state index in [0.717, 1.165) is 26.4 Å². The highest BCUT2D eigenvalue weighted by Crippen LogP contribution is 2.36. The largest absolute Gasteiger partial charge is 0.507 e. The zero-order valence-electron chi connectivity index (χ0n) is 13.0. The highest BCUT2D eigenvalue weighted by Gasteiger charge is 2.13. The van der Waals surface area contributed by atoms with Gasteiger partial charge in [-0.2, -0.15) is 0 Å². The first-order valence-corrected chi connectivity index (χ1v) is 8.03. The van der Waals surface area contributed by atoms with Crippen LogP contribution in [0.1, 0.15) is 11.1 Å². The smallest absolute Gasteiger partial charge is 0.161 e. The lowest BCUT2D eigenvalue weighted by molar-refractivity contribution is 0.354. The quantitative estimate of drug-likeness (QED) is 0.706. The van der Waals surface area contributed by atoms with Crippen molar-refractivity contribution in [1.29, 1.82) is 0 Å². The molecule has 0 saturated heterocycles. The van der Waals surface area contributed by atoms with E-state index in [1.807, 2.05) is 48.5 Å². The summed E-state index contributed by atoms with van der Waals surface area (Å²) in [6, 6.07) is 15.6. The number of rotatable bonds is 4. The van der Waals surface area contributed by atoms with Crippen molar-refractivity contribution in [1.82, 2.24) is 0 Å². The summed E-state index contributed by atoms with van der Waals surface area (Å²) in [5.74, 6) is 1.67. The van der Waals surface area contributed by atoms with E-state index in [1.54, 1.807) is 14.2 Å². The van der Waals surface area contributed by atoms with Crippen LogP contribution in [0.4, 0.5) is 0 Å². The highest BCUT2D eigenvalue weighted by atomic mass is 79.9. The molecule has 0 unspecified atom stereocenters. The van der Waals surface area contributed by atoms with Gasteiger partial charge in [0.1, 0.15) is 5.75 Å². The van der Waals surface area contributed by atoms with Crippen molar-refractivity contribution >= 4 is 26.7 Å². The molecular formula is C19H17BrO3. The molecule has 0 saturated carbocycles. The lowest BCUT2D eigenvalue weighted by atomic mass is 9.99. The second-order valence-corrected chi connectivity index (χ2v) is 6.12. The maximum Gasteiger partial charge on any atom is 0.161 e. The molecule has 3 aromatic carbocycles. The van der Waals surface area contributed by atoms with Crippen molar-refractivity contribution < 1.29 is 14.6 Å². The van der Waals surface area contributed by atoms with E-state index < -0.39 is 0 Å². The van der Waals surface area contributed by atoms with E-state index in [-0.39, 0.29) is 0 Å². The molecule has 0 atom stereocenters. The molecule has 0 bridgehead atoms. The van der Waals surface area contributed by atoms with Gasteiger partial charge >= 0.3 is 0 Å². The van der Waals surface area contributed by atoms with Gasteiger partial charge in [-0.3, -0.25) is 0 Å². The van der Waals surface area contributed by atoms with Crippen molar-refractivity contribution in [2.24, 2.45) is 0 Å². The average molecular weight is 373 g/mol. The van der Waals surface area contributed by atoms with Gasteiger partial charge in [-0.1, -0.05) is 52.3 Å². The number of methoxy groups -OCH3 is 2. The fraction of sp³-hybridized carbons (Fsp3) is 0.158. The molecule has 4 heteroatoms. The molecule has 23 heavy (non-hydrogen) atoms. The Hall–Kier alpha value is -2.20. The van der Waals surface area contributed by atoms with Gasteiger partial charge in [0.05, 0.1) is 14.2 Å². The van der Waals surface area contributed by atoms with E-state index in [9.17, 15) is 5.11 Å². The lowest BCUT2D eigenvalue weighted by Crippen LogP contribution is -1.96. The van der Waals surface area contributed by atoms with E-state index in [4.69, 9.17) is 9.47 Å². The highest BCUT2D eigenvalue weighted by molar-refractivity contribution is 9.10. The number of fused-ring (bicyclic) bond motifs is 1. The molecule has 3 nitrogen and oxygen atoms in total. The third-order valence-corrected chi connectivity index (χ3v) is 4.66. The summed E-state index contributed by atoms with van der Waals surface area (Å²) in [4.78, 5) is 0. The molecule has 0 heterocycles. The van der Waals surface area contributed by atoms with Crippen LogP contribution in [0.15, 0.2) is 53.0 Å². The Morgan fingerprint density at radius 3 is 2.35 bits per heavy atom. The van der Waals surface area contributed by atoms with Crippen LogP contribution in [0.25, 0.3) is 10.8 Å². The first kappa shape index (κ1) is 15.7. The second kappa shape index (κ2) is 6.50. The molecule has 3 rings (SSSR count). The Bertz CT molecular complexity index is 859. The number of halogens is 1. The van der Waals surface area contributed by atoms with Gasteiger partial charge in [0.15, 0.2) is 11.5 Å². The van der Waals surface area contributed by atoms with Crippen LogP contribution in [0.5, 0.6) is 17.2 Å². The van der Waals surface area contributed by atoms with E-state index in [0.29, 0.717) is 23.7 Å². The van der Waals surface area contributed by atoms with Crippen LogP contribution in [-0.4, -0.2) is 19.3 Å². The normalized spacial score (nSPS) is 10.7. The molecule has 0 aromatic heterocycles. The first-order chi connectivity index (χ1) is 11.1. The van der Waals surface area contributed by atoms with Crippen LogP contribution in [0, 0.1) is 0 Å². The summed E-state index contributed by atoms with van der Waals surface area (Å²) in [6.45, 7) is 0. The summed E-state index contributed by atoms with van der Waals surface area (Å²) in [5, 5.41) is 12.4. The first-order valence-electron chi connectivity index (χ1n) is 7.24. The number of hydrogen-bond acceptors (Lipinski definition) is 3. The summed E-state index contributed by atoms with van der Waals surface area (Å²) in [6.07, 6.45) is 0.595. The van der Waals surface area contributed by atoms with Gasteiger partial charge in [-0.15, -0.1) is 0 Å². The Morgan fingerprint density at radius 1 is 0.913 bits per heavy atom. The summed E-state index contributed by atoms with van der Waals surface area (Å²) in [5.41, 5.74) is 1.89. The van der Waals surface area contributed by atoms with Crippen LogP contribution >= 0.6 is 15.9 Å². The minimum atomic E-state index is 0.324. The van der Waals surface area contributed by atoms with E-state index in [1.165, 1.54) is 0 Å². The summed E-state index contributed by atoms with van der Waals surface area (Å²) >= 11 is 3.57. The molecule has 0 radical (unpaired) electrons. The molecule has 0 amide bonds. The maximum atomic E-state index is 10.6. The molecule has 0 aliphatic heterocycles. The van der Waals surface area contributed by atoms with Crippen molar-refractivity contribution in [2.75, 3.05) is 14.2 Å². The second-order valence-electron chi connectivity index (χ2n) is 5.27. The van der Waals surface area contributed by atoms with Crippen LogP contribution in [-0.2, 0) is 6.42 Å². The van der Waals surface area contributed by atoms with Crippen molar-refractivity contribution in [3.05, 3.63) is 64.1 Å². The lowest BCUT2D eigenvalue weighted by Gasteiger charge is -2.13. The fourth-order valence-electron chi connectivity index (χ4n) is 2.68. The van der Waals surface area contributed by atoms with Gasteiger partial charge in [0.25, 0.3) is 0 Å². The van der Waals surface area contributed by atoms with Gasteiger partial charge < -0.3 is 14.6 Å². The van der Waals surface area contributed by atoms with Crippen LogP contribution in [0.3, 0.4) is 0 Å². The third kappa shape index (κ3) is 2.99.